The van der Waals surface area contributed by atoms with Crippen LogP contribution >= 0.6 is 0 Å². The SMILES string of the molecule is CCONC(=O)C(CC)(CC)CN. The molecule has 0 spiro atoms. The Morgan fingerprint density at radius 2 is 1.92 bits per heavy atom. The highest BCUT2D eigenvalue weighted by Crippen LogP contribution is 2.24. The molecule has 3 N–H and O–H groups in total. The lowest BCUT2D eigenvalue weighted by Gasteiger charge is -2.27. The molecule has 0 heterocycles. The Bertz CT molecular complexity index is 147. The number of hydrogen-bond donors (Lipinski definition) is 2. The maximum absolute atomic E-state index is 11.6. The standard InChI is InChI=1S/C9H20N2O2/c1-4-9(5-2,7-10)8(12)11-13-6-3/h4-7,10H2,1-3H3,(H,11,12). The lowest BCUT2D eigenvalue weighted by Crippen LogP contribution is -2.45. The van der Waals surface area contributed by atoms with Gasteiger partial charge in [-0.15, -0.1) is 0 Å². The third-order valence-corrected chi connectivity index (χ3v) is 2.54. The molecule has 1 amide bonds. The van der Waals surface area contributed by atoms with Crippen LogP contribution in [0.15, 0.2) is 0 Å². The summed E-state index contributed by atoms with van der Waals surface area (Å²) in [7, 11) is 0. The Morgan fingerprint density at radius 1 is 1.38 bits per heavy atom. The Hall–Kier alpha value is -0.610. The van der Waals surface area contributed by atoms with Gasteiger partial charge in [0.2, 0.25) is 0 Å². The number of nitrogens with two attached hydrogens (primary N) is 1. The highest BCUT2D eigenvalue weighted by Gasteiger charge is 2.33. The van der Waals surface area contributed by atoms with Crippen molar-refractivity contribution in [1.29, 1.82) is 0 Å². The number of carbonyl (C=O) groups excluding carboxylic acids is 1. The first-order chi connectivity index (χ1) is 6.16. The zero-order valence-corrected chi connectivity index (χ0v) is 8.72. The quantitative estimate of drug-likeness (QED) is 0.606. The number of amides is 1. The summed E-state index contributed by atoms with van der Waals surface area (Å²) in [6.45, 7) is 6.57. The van der Waals surface area contributed by atoms with Gasteiger partial charge in [0.05, 0.1) is 12.0 Å². The molecule has 13 heavy (non-hydrogen) atoms. The summed E-state index contributed by atoms with van der Waals surface area (Å²) in [4.78, 5) is 16.5. The van der Waals surface area contributed by atoms with E-state index in [1.807, 2.05) is 20.8 Å². The van der Waals surface area contributed by atoms with Crippen molar-refractivity contribution in [3.05, 3.63) is 0 Å². The van der Waals surface area contributed by atoms with Crippen LogP contribution in [0, 0.1) is 5.41 Å². The molecule has 0 rings (SSSR count). The van der Waals surface area contributed by atoms with Gasteiger partial charge in [0.15, 0.2) is 0 Å². The van der Waals surface area contributed by atoms with Crippen molar-refractivity contribution in [3.8, 4) is 0 Å². The van der Waals surface area contributed by atoms with Gasteiger partial charge in [0.25, 0.3) is 5.91 Å². The molecule has 4 heteroatoms. The van der Waals surface area contributed by atoms with E-state index in [0.717, 1.165) is 12.8 Å². The Balaban J connectivity index is 4.26. The number of nitrogens with one attached hydrogen (secondary N) is 1. The van der Waals surface area contributed by atoms with Crippen LogP contribution in [-0.2, 0) is 9.63 Å². The minimum absolute atomic E-state index is 0.109. The average Bonchev–Trinajstić information content (AvgIpc) is 2.18. The second kappa shape index (κ2) is 5.94. The van der Waals surface area contributed by atoms with Gasteiger partial charge in [-0.25, -0.2) is 5.48 Å². The Labute approximate surface area is 79.8 Å². The average molecular weight is 188 g/mol. The van der Waals surface area contributed by atoms with Gasteiger partial charge in [0, 0.05) is 6.54 Å². The lowest BCUT2D eigenvalue weighted by atomic mass is 9.82. The minimum atomic E-state index is -0.463. The van der Waals surface area contributed by atoms with Crippen LogP contribution in [0.3, 0.4) is 0 Å². The highest BCUT2D eigenvalue weighted by atomic mass is 16.6. The zero-order chi connectivity index (χ0) is 10.3. The summed E-state index contributed by atoms with van der Waals surface area (Å²) >= 11 is 0. The molecule has 0 radical (unpaired) electrons. The van der Waals surface area contributed by atoms with Crippen molar-refractivity contribution in [1.82, 2.24) is 5.48 Å². The molecule has 0 saturated carbocycles. The zero-order valence-electron chi connectivity index (χ0n) is 8.72. The molecule has 0 aromatic heterocycles. The van der Waals surface area contributed by atoms with Crippen LogP contribution < -0.4 is 11.2 Å². The second-order valence-electron chi connectivity index (χ2n) is 3.06. The number of carbonyl (C=O) groups is 1. The fourth-order valence-electron chi connectivity index (χ4n) is 1.20. The van der Waals surface area contributed by atoms with Crippen LogP contribution in [0.25, 0.3) is 0 Å². The van der Waals surface area contributed by atoms with Gasteiger partial charge >= 0.3 is 0 Å². The topological polar surface area (TPSA) is 64.3 Å². The molecule has 78 valence electrons. The van der Waals surface area contributed by atoms with Crippen molar-refractivity contribution in [3.63, 3.8) is 0 Å². The van der Waals surface area contributed by atoms with Crippen LogP contribution in [0.4, 0.5) is 0 Å². The van der Waals surface area contributed by atoms with E-state index in [0.29, 0.717) is 13.2 Å². The monoisotopic (exact) mass is 188 g/mol. The number of rotatable bonds is 6. The molecule has 0 aliphatic carbocycles. The third-order valence-electron chi connectivity index (χ3n) is 2.54. The normalized spacial score (nSPS) is 11.4. The molecular formula is C9H20N2O2. The first kappa shape index (κ1) is 12.4. The van der Waals surface area contributed by atoms with Crippen molar-refractivity contribution >= 4 is 5.91 Å². The molecule has 0 bridgehead atoms. The smallest absolute Gasteiger partial charge is 0.250 e. The molecule has 0 aliphatic heterocycles. The van der Waals surface area contributed by atoms with E-state index in [1.54, 1.807) is 0 Å². The summed E-state index contributed by atoms with van der Waals surface area (Å²) in [5.74, 6) is -0.109. The van der Waals surface area contributed by atoms with Gasteiger partial charge < -0.3 is 5.73 Å². The maximum atomic E-state index is 11.6. The van der Waals surface area contributed by atoms with E-state index in [1.165, 1.54) is 0 Å². The largest absolute Gasteiger partial charge is 0.329 e. The molecule has 0 atom stereocenters. The molecular weight excluding hydrogens is 168 g/mol. The van der Waals surface area contributed by atoms with E-state index in [9.17, 15) is 4.79 Å². The number of hydrogen-bond acceptors (Lipinski definition) is 3. The summed E-state index contributed by atoms with van der Waals surface area (Å²) in [5, 5.41) is 0. The van der Waals surface area contributed by atoms with Crippen molar-refractivity contribution in [2.45, 2.75) is 33.6 Å². The summed E-state index contributed by atoms with van der Waals surface area (Å²) in [6, 6.07) is 0. The van der Waals surface area contributed by atoms with Gasteiger partial charge in [-0.2, -0.15) is 0 Å². The second-order valence-corrected chi connectivity index (χ2v) is 3.06. The van der Waals surface area contributed by atoms with E-state index < -0.39 is 5.41 Å². The molecule has 0 aromatic carbocycles. The fourth-order valence-corrected chi connectivity index (χ4v) is 1.20. The van der Waals surface area contributed by atoms with Gasteiger partial charge in [0.1, 0.15) is 0 Å². The minimum Gasteiger partial charge on any atom is -0.329 e. The van der Waals surface area contributed by atoms with Crippen LogP contribution in [0.5, 0.6) is 0 Å². The predicted octanol–water partition coefficient (Wildman–Crippen LogP) is 0.819. The third kappa shape index (κ3) is 2.97. The van der Waals surface area contributed by atoms with Crippen LogP contribution in [0.1, 0.15) is 33.6 Å². The van der Waals surface area contributed by atoms with Crippen LogP contribution in [0.2, 0.25) is 0 Å². The summed E-state index contributed by atoms with van der Waals surface area (Å²) < 4.78 is 0. The molecule has 0 saturated heterocycles. The van der Waals surface area contributed by atoms with E-state index >= 15 is 0 Å². The molecule has 0 aliphatic rings. The van der Waals surface area contributed by atoms with Crippen LogP contribution in [-0.4, -0.2) is 19.1 Å². The number of hydroxylamine groups is 1. The maximum Gasteiger partial charge on any atom is 0.250 e. The first-order valence-electron chi connectivity index (χ1n) is 4.79. The van der Waals surface area contributed by atoms with E-state index in [-0.39, 0.29) is 5.91 Å². The lowest BCUT2D eigenvalue weighted by molar-refractivity contribution is -0.143. The molecule has 4 nitrogen and oxygen atoms in total. The van der Waals surface area contributed by atoms with Gasteiger partial charge in [-0.3, -0.25) is 9.63 Å². The summed E-state index contributed by atoms with van der Waals surface area (Å²) in [5.41, 5.74) is 7.53. The van der Waals surface area contributed by atoms with Gasteiger partial charge in [-0.05, 0) is 19.8 Å². The van der Waals surface area contributed by atoms with Crippen molar-refractivity contribution < 1.29 is 9.63 Å². The van der Waals surface area contributed by atoms with E-state index in [2.05, 4.69) is 5.48 Å². The van der Waals surface area contributed by atoms with E-state index in [4.69, 9.17) is 10.6 Å². The Kier molecular flexibility index (Phi) is 5.66. The highest BCUT2D eigenvalue weighted by molar-refractivity contribution is 5.81. The van der Waals surface area contributed by atoms with Gasteiger partial charge in [-0.1, -0.05) is 13.8 Å². The molecule has 0 unspecified atom stereocenters. The summed E-state index contributed by atoms with van der Waals surface area (Å²) in [6.07, 6.45) is 1.47. The Morgan fingerprint density at radius 3 is 2.23 bits per heavy atom. The van der Waals surface area contributed by atoms with Crippen molar-refractivity contribution in [2.75, 3.05) is 13.2 Å². The first-order valence-corrected chi connectivity index (χ1v) is 4.79. The molecule has 0 aromatic rings. The molecule has 0 fully saturated rings. The fraction of sp³-hybridized carbons (Fsp3) is 0.889. The predicted molar refractivity (Wildman–Crippen MR) is 51.8 cm³/mol. The van der Waals surface area contributed by atoms with Crippen molar-refractivity contribution in [2.24, 2.45) is 11.1 Å².